The molecule has 0 bridgehead atoms. The van der Waals surface area contributed by atoms with E-state index in [1.54, 1.807) is 6.92 Å². The van der Waals surface area contributed by atoms with Crippen LogP contribution in [0.1, 0.15) is 12.5 Å². The first-order chi connectivity index (χ1) is 9.56. The molecule has 104 valence electrons. The van der Waals surface area contributed by atoms with Crippen molar-refractivity contribution in [1.82, 2.24) is 0 Å². The quantitative estimate of drug-likeness (QED) is 0.912. The van der Waals surface area contributed by atoms with Gasteiger partial charge in [-0.15, -0.1) is 0 Å². The molecule has 0 saturated heterocycles. The van der Waals surface area contributed by atoms with Crippen LogP contribution >= 0.6 is 15.9 Å². The summed E-state index contributed by atoms with van der Waals surface area (Å²) in [7, 11) is 0. The highest BCUT2D eigenvalue weighted by Crippen LogP contribution is 2.20. The first-order valence-corrected chi connectivity index (χ1v) is 7.14. The molecule has 0 aliphatic heterocycles. The molecule has 1 atom stereocenters. The minimum absolute atomic E-state index is 0.171. The Bertz CT molecular complexity index is 599. The number of hydrogen-bond donors (Lipinski definition) is 1. The Labute approximate surface area is 127 Å². The van der Waals surface area contributed by atoms with Gasteiger partial charge in [-0.25, -0.2) is 0 Å². The zero-order valence-corrected chi connectivity index (χ0v) is 13.0. The fourth-order valence-electron chi connectivity index (χ4n) is 1.72. The van der Waals surface area contributed by atoms with Crippen LogP contribution in [-0.2, 0) is 4.79 Å². The lowest BCUT2D eigenvalue weighted by Crippen LogP contribution is -2.30. The summed E-state index contributed by atoms with van der Waals surface area (Å²) in [6.07, 6.45) is -0.554. The molecule has 0 heterocycles. The SMILES string of the molecule is Cc1cc(NC(=O)C(C)Oc2ccccc2)ccc1Br. The standard InChI is InChI=1S/C16H16BrNO2/c1-11-10-13(8-9-15(11)17)18-16(19)12(2)20-14-6-4-3-5-7-14/h3-10,12H,1-2H3,(H,18,19). The van der Waals surface area contributed by atoms with Crippen molar-refractivity contribution >= 4 is 27.5 Å². The maximum absolute atomic E-state index is 12.1. The van der Waals surface area contributed by atoms with E-state index < -0.39 is 6.10 Å². The summed E-state index contributed by atoms with van der Waals surface area (Å²) in [5, 5.41) is 2.85. The Balaban J connectivity index is 1.99. The molecule has 4 heteroatoms. The Morgan fingerprint density at radius 3 is 2.55 bits per heavy atom. The molecule has 1 N–H and O–H groups in total. The van der Waals surface area contributed by atoms with E-state index >= 15 is 0 Å². The van der Waals surface area contributed by atoms with Crippen LogP contribution in [0.15, 0.2) is 53.0 Å². The van der Waals surface area contributed by atoms with Crippen LogP contribution in [0.3, 0.4) is 0 Å². The Kier molecular flexibility index (Phi) is 4.79. The van der Waals surface area contributed by atoms with Gasteiger partial charge in [-0.2, -0.15) is 0 Å². The average molecular weight is 334 g/mol. The summed E-state index contributed by atoms with van der Waals surface area (Å²) < 4.78 is 6.60. The smallest absolute Gasteiger partial charge is 0.265 e. The molecule has 0 aliphatic rings. The monoisotopic (exact) mass is 333 g/mol. The molecule has 0 radical (unpaired) electrons. The zero-order valence-electron chi connectivity index (χ0n) is 11.4. The van der Waals surface area contributed by atoms with Crippen molar-refractivity contribution in [3.63, 3.8) is 0 Å². The van der Waals surface area contributed by atoms with Gasteiger partial charge in [0.2, 0.25) is 0 Å². The predicted molar refractivity (Wildman–Crippen MR) is 84.0 cm³/mol. The summed E-state index contributed by atoms with van der Waals surface area (Å²) in [6.45, 7) is 3.71. The molecule has 2 rings (SSSR count). The summed E-state index contributed by atoms with van der Waals surface area (Å²) >= 11 is 3.43. The second kappa shape index (κ2) is 6.57. The summed E-state index contributed by atoms with van der Waals surface area (Å²) in [5.41, 5.74) is 1.83. The van der Waals surface area contributed by atoms with Gasteiger partial charge >= 0.3 is 0 Å². The van der Waals surface area contributed by atoms with E-state index in [1.165, 1.54) is 0 Å². The van der Waals surface area contributed by atoms with Gasteiger partial charge < -0.3 is 10.1 Å². The van der Waals surface area contributed by atoms with Crippen molar-refractivity contribution in [3.05, 3.63) is 58.6 Å². The fraction of sp³-hybridized carbons (Fsp3) is 0.188. The lowest BCUT2D eigenvalue weighted by molar-refractivity contribution is -0.122. The van der Waals surface area contributed by atoms with Gasteiger partial charge in [0.1, 0.15) is 5.75 Å². The number of carbonyl (C=O) groups excluding carboxylic acids is 1. The normalized spacial score (nSPS) is 11.8. The third-order valence-electron chi connectivity index (χ3n) is 2.85. The van der Waals surface area contributed by atoms with Crippen LogP contribution in [0.2, 0.25) is 0 Å². The lowest BCUT2D eigenvalue weighted by Gasteiger charge is -2.15. The van der Waals surface area contributed by atoms with Crippen molar-refractivity contribution in [2.24, 2.45) is 0 Å². The number of anilines is 1. The number of ether oxygens (including phenoxy) is 1. The number of halogens is 1. The van der Waals surface area contributed by atoms with Crippen molar-refractivity contribution < 1.29 is 9.53 Å². The summed E-state index contributed by atoms with van der Waals surface area (Å²) in [5.74, 6) is 0.512. The second-order valence-corrected chi connectivity index (χ2v) is 5.38. The molecule has 0 fully saturated rings. The molecule has 2 aromatic rings. The maximum Gasteiger partial charge on any atom is 0.265 e. The van der Waals surface area contributed by atoms with Crippen LogP contribution in [0.4, 0.5) is 5.69 Å². The van der Waals surface area contributed by atoms with Gasteiger partial charge in [-0.3, -0.25) is 4.79 Å². The van der Waals surface area contributed by atoms with Crippen LogP contribution in [0.25, 0.3) is 0 Å². The molecule has 0 spiro atoms. The molecule has 0 aliphatic carbocycles. The van der Waals surface area contributed by atoms with Gasteiger partial charge in [-0.1, -0.05) is 34.1 Å². The van der Waals surface area contributed by atoms with E-state index in [0.717, 1.165) is 15.7 Å². The Morgan fingerprint density at radius 2 is 1.90 bits per heavy atom. The fourth-order valence-corrected chi connectivity index (χ4v) is 1.97. The van der Waals surface area contributed by atoms with E-state index in [0.29, 0.717) is 5.75 Å². The number of carbonyl (C=O) groups is 1. The van der Waals surface area contributed by atoms with E-state index in [4.69, 9.17) is 4.74 Å². The second-order valence-electron chi connectivity index (χ2n) is 4.53. The van der Waals surface area contributed by atoms with Crippen LogP contribution in [0.5, 0.6) is 5.75 Å². The highest BCUT2D eigenvalue weighted by atomic mass is 79.9. The average Bonchev–Trinajstić information content (AvgIpc) is 2.44. The van der Waals surface area contributed by atoms with Crippen molar-refractivity contribution in [2.75, 3.05) is 5.32 Å². The minimum atomic E-state index is -0.554. The van der Waals surface area contributed by atoms with Crippen LogP contribution in [-0.4, -0.2) is 12.0 Å². The number of para-hydroxylation sites is 1. The van der Waals surface area contributed by atoms with Crippen molar-refractivity contribution in [1.29, 1.82) is 0 Å². The van der Waals surface area contributed by atoms with Gasteiger partial charge in [0.25, 0.3) is 5.91 Å². The lowest BCUT2D eigenvalue weighted by atomic mass is 10.2. The molecule has 1 amide bonds. The highest BCUT2D eigenvalue weighted by Gasteiger charge is 2.14. The Morgan fingerprint density at radius 1 is 1.20 bits per heavy atom. The maximum atomic E-state index is 12.1. The number of benzene rings is 2. The minimum Gasteiger partial charge on any atom is -0.481 e. The number of aryl methyl sites for hydroxylation is 1. The number of nitrogens with one attached hydrogen (secondary N) is 1. The number of rotatable bonds is 4. The summed E-state index contributed by atoms with van der Waals surface area (Å²) in [4.78, 5) is 12.1. The molecule has 0 saturated carbocycles. The van der Waals surface area contributed by atoms with Gasteiger partial charge in [-0.05, 0) is 49.7 Å². The van der Waals surface area contributed by atoms with Crippen LogP contribution < -0.4 is 10.1 Å². The van der Waals surface area contributed by atoms with Gasteiger partial charge in [0.15, 0.2) is 6.10 Å². The first-order valence-electron chi connectivity index (χ1n) is 6.35. The summed E-state index contributed by atoms with van der Waals surface area (Å²) in [6, 6.07) is 15.0. The number of hydrogen-bond acceptors (Lipinski definition) is 2. The zero-order chi connectivity index (χ0) is 14.5. The third-order valence-corrected chi connectivity index (χ3v) is 3.74. The number of amides is 1. The molecular formula is C16H16BrNO2. The molecule has 20 heavy (non-hydrogen) atoms. The van der Waals surface area contributed by atoms with E-state index in [-0.39, 0.29) is 5.91 Å². The molecule has 2 aromatic carbocycles. The molecule has 1 unspecified atom stereocenters. The van der Waals surface area contributed by atoms with Crippen molar-refractivity contribution in [3.8, 4) is 5.75 Å². The van der Waals surface area contributed by atoms with Gasteiger partial charge in [0.05, 0.1) is 0 Å². The van der Waals surface area contributed by atoms with E-state index in [1.807, 2.05) is 55.5 Å². The Hall–Kier alpha value is -1.81. The topological polar surface area (TPSA) is 38.3 Å². The third kappa shape index (κ3) is 3.84. The van der Waals surface area contributed by atoms with E-state index in [9.17, 15) is 4.79 Å². The van der Waals surface area contributed by atoms with Gasteiger partial charge in [0, 0.05) is 10.2 Å². The van der Waals surface area contributed by atoms with Crippen molar-refractivity contribution in [2.45, 2.75) is 20.0 Å². The highest BCUT2D eigenvalue weighted by molar-refractivity contribution is 9.10. The van der Waals surface area contributed by atoms with Crippen LogP contribution in [0, 0.1) is 6.92 Å². The molecule has 3 nitrogen and oxygen atoms in total. The molecular weight excluding hydrogens is 318 g/mol. The first kappa shape index (κ1) is 14.6. The molecule has 0 aromatic heterocycles. The predicted octanol–water partition coefficient (Wildman–Crippen LogP) is 4.16. The van der Waals surface area contributed by atoms with E-state index in [2.05, 4.69) is 21.2 Å². The largest absolute Gasteiger partial charge is 0.481 e.